The van der Waals surface area contributed by atoms with Crippen LogP contribution in [0.5, 0.6) is 0 Å². The van der Waals surface area contributed by atoms with E-state index >= 15 is 0 Å². The number of carbonyl (C=O) groups is 2. The predicted molar refractivity (Wildman–Crippen MR) is 182 cm³/mol. The highest BCUT2D eigenvalue weighted by Gasteiger charge is 2.34. The molecule has 1 fully saturated rings. The van der Waals surface area contributed by atoms with E-state index in [0.717, 1.165) is 28.3 Å². The number of nitrogens with one attached hydrogen (secondary N) is 4. The predicted octanol–water partition coefficient (Wildman–Crippen LogP) is 5.61. The van der Waals surface area contributed by atoms with Gasteiger partial charge in [0.2, 0.25) is 5.91 Å². The molecule has 9 nitrogen and oxygen atoms in total. The molecule has 2 amide bonds. The first-order valence-corrected chi connectivity index (χ1v) is 16.5. The minimum Gasteiger partial charge on any atom is -0.453 e. The van der Waals surface area contributed by atoms with E-state index in [1.807, 2.05) is 84.9 Å². The second kappa shape index (κ2) is 16.5. The molecule has 5 rings (SSSR count). The first-order valence-electron chi connectivity index (χ1n) is 15.1. The molecule has 0 radical (unpaired) electrons. The number of alkyl carbamates (subject to hydrolysis) is 1. The van der Waals surface area contributed by atoms with Gasteiger partial charge in [-0.3, -0.25) is 9.59 Å². The summed E-state index contributed by atoms with van der Waals surface area (Å²) in [7, 11) is 1.24. The molecule has 2 heterocycles. The van der Waals surface area contributed by atoms with E-state index in [1.54, 1.807) is 24.0 Å². The maximum atomic E-state index is 14.0. The number of thioether (sulfide) groups is 1. The van der Waals surface area contributed by atoms with Crippen LogP contribution in [0.2, 0.25) is 5.02 Å². The van der Waals surface area contributed by atoms with Crippen LogP contribution in [0.1, 0.15) is 29.0 Å². The Morgan fingerprint density at radius 3 is 2.26 bits per heavy atom. The maximum Gasteiger partial charge on any atom is 0.407 e. The summed E-state index contributed by atoms with van der Waals surface area (Å²) in [4.78, 5) is 43.4. The normalized spacial score (nSPS) is 16.8. The molecule has 1 saturated heterocycles. The van der Waals surface area contributed by atoms with Gasteiger partial charge in [-0.25, -0.2) is 4.79 Å². The lowest BCUT2D eigenvalue weighted by Crippen LogP contribution is -2.48. The van der Waals surface area contributed by atoms with Gasteiger partial charge in [-0.1, -0.05) is 72.3 Å². The Labute approximate surface area is 277 Å². The highest BCUT2D eigenvalue weighted by atomic mass is 35.5. The Morgan fingerprint density at radius 2 is 1.61 bits per heavy atom. The fourth-order valence-corrected chi connectivity index (χ4v) is 6.56. The average molecular weight is 661 g/mol. The SMILES string of the molecule is COC(=O)NC(C(=O)Nc1c(CC[C@@H]2CNC[C@@H](CSc3ccc(Cl)cc3)O2)cc[nH]c1=O)C(c1ccccc1)c1ccccc1. The minimum absolute atomic E-state index is 0.0239. The van der Waals surface area contributed by atoms with E-state index in [2.05, 4.69) is 20.9 Å². The van der Waals surface area contributed by atoms with Gasteiger partial charge >= 0.3 is 6.09 Å². The number of ether oxygens (including phenoxy) is 2. The number of rotatable bonds is 12. The number of methoxy groups -OCH3 is 1. The van der Waals surface area contributed by atoms with Crippen LogP contribution in [0.4, 0.5) is 10.5 Å². The number of H-pyrrole nitrogens is 1. The van der Waals surface area contributed by atoms with E-state index in [1.165, 1.54) is 7.11 Å². The molecule has 4 aromatic rings. The zero-order valence-electron chi connectivity index (χ0n) is 25.4. The van der Waals surface area contributed by atoms with E-state index in [4.69, 9.17) is 21.1 Å². The molecule has 3 atom stereocenters. The van der Waals surface area contributed by atoms with Crippen molar-refractivity contribution in [3.05, 3.63) is 129 Å². The molecule has 0 bridgehead atoms. The van der Waals surface area contributed by atoms with Crippen LogP contribution in [0.15, 0.2) is 107 Å². The third-order valence-electron chi connectivity index (χ3n) is 7.80. The molecule has 240 valence electrons. The number of amides is 2. The van der Waals surface area contributed by atoms with Crippen LogP contribution in [0.25, 0.3) is 0 Å². The topological polar surface area (TPSA) is 122 Å². The number of pyridine rings is 1. The molecule has 0 spiro atoms. The van der Waals surface area contributed by atoms with Crippen molar-refractivity contribution in [1.82, 2.24) is 15.6 Å². The molecule has 46 heavy (non-hydrogen) atoms. The maximum absolute atomic E-state index is 14.0. The van der Waals surface area contributed by atoms with Gasteiger partial charge in [-0.15, -0.1) is 11.8 Å². The first kappa shape index (κ1) is 33.3. The largest absolute Gasteiger partial charge is 0.453 e. The fraction of sp³-hybridized carbons (Fsp3) is 0.286. The van der Waals surface area contributed by atoms with Gasteiger partial charge in [0, 0.05) is 40.9 Å². The summed E-state index contributed by atoms with van der Waals surface area (Å²) < 4.78 is 11.3. The summed E-state index contributed by atoms with van der Waals surface area (Å²) in [5.41, 5.74) is 2.02. The lowest BCUT2D eigenvalue weighted by Gasteiger charge is -2.31. The van der Waals surface area contributed by atoms with E-state index in [-0.39, 0.29) is 17.9 Å². The third-order valence-corrected chi connectivity index (χ3v) is 9.20. The molecule has 11 heteroatoms. The van der Waals surface area contributed by atoms with Crippen LogP contribution in [0.3, 0.4) is 0 Å². The number of morpholine rings is 1. The lowest BCUT2D eigenvalue weighted by molar-refractivity contribution is -0.118. The zero-order valence-corrected chi connectivity index (χ0v) is 27.0. The van der Waals surface area contributed by atoms with Crippen molar-refractivity contribution in [2.75, 3.05) is 31.3 Å². The smallest absolute Gasteiger partial charge is 0.407 e. The molecule has 0 aliphatic carbocycles. The van der Waals surface area contributed by atoms with E-state index in [0.29, 0.717) is 30.0 Å². The quantitative estimate of drug-likeness (QED) is 0.146. The molecular weight excluding hydrogens is 624 g/mol. The Morgan fingerprint density at radius 1 is 0.957 bits per heavy atom. The molecule has 0 saturated carbocycles. The molecule has 1 aromatic heterocycles. The zero-order chi connectivity index (χ0) is 32.3. The first-order chi connectivity index (χ1) is 22.4. The molecule has 4 N–H and O–H groups in total. The summed E-state index contributed by atoms with van der Waals surface area (Å²) in [6, 6.07) is 27.3. The van der Waals surface area contributed by atoms with Crippen molar-refractivity contribution in [3.8, 4) is 0 Å². The van der Waals surface area contributed by atoms with Crippen LogP contribution in [-0.2, 0) is 20.7 Å². The van der Waals surface area contributed by atoms with Gasteiger partial charge in [0.25, 0.3) is 5.56 Å². The highest BCUT2D eigenvalue weighted by molar-refractivity contribution is 7.99. The lowest BCUT2D eigenvalue weighted by atomic mass is 9.84. The van der Waals surface area contributed by atoms with Crippen molar-refractivity contribution in [1.29, 1.82) is 0 Å². The van der Waals surface area contributed by atoms with Gasteiger partial charge < -0.3 is 30.4 Å². The summed E-state index contributed by atoms with van der Waals surface area (Å²) in [6.07, 6.45) is 1.91. The highest BCUT2D eigenvalue weighted by Crippen LogP contribution is 2.30. The van der Waals surface area contributed by atoms with Gasteiger partial charge in [-0.05, 0) is 59.9 Å². The van der Waals surface area contributed by atoms with Crippen molar-refractivity contribution in [3.63, 3.8) is 0 Å². The van der Waals surface area contributed by atoms with Crippen molar-refractivity contribution in [2.45, 2.75) is 41.9 Å². The number of aromatic nitrogens is 1. The number of carbonyl (C=O) groups excluding carboxylic acids is 2. The van der Waals surface area contributed by atoms with Crippen LogP contribution >= 0.6 is 23.4 Å². The number of hydrogen-bond donors (Lipinski definition) is 4. The summed E-state index contributed by atoms with van der Waals surface area (Å²) in [5.74, 6) is -0.316. The monoisotopic (exact) mass is 660 g/mol. The standard InChI is InChI=1S/C35H37ClN4O5S/c1-44-35(43)40-32(30(23-8-4-2-5-9-23)24-10-6-3-7-11-24)34(42)39-31-25(18-19-38-33(31)41)12-15-27-20-37-21-28(45-27)22-46-29-16-13-26(36)14-17-29/h2-11,13-14,16-19,27-28,30,32,37H,12,15,20-22H2,1H3,(H,38,41)(H,39,42)(H,40,43)/t27-,28+,32?/m1/s1. The van der Waals surface area contributed by atoms with Crippen LogP contribution in [-0.4, -0.2) is 61.2 Å². The minimum atomic E-state index is -1.09. The summed E-state index contributed by atoms with van der Waals surface area (Å²) in [5, 5.41) is 9.72. The second-order valence-electron chi connectivity index (χ2n) is 11.0. The molecule has 1 aliphatic rings. The van der Waals surface area contributed by atoms with Crippen LogP contribution < -0.4 is 21.5 Å². The van der Waals surface area contributed by atoms with Gasteiger partial charge in [-0.2, -0.15) is 0 Å². The Bertz CT molecular complexity index is 1600. The number of aromatic amines is 1. The Kier molecular flexibility index (Phi) is 11.9. The average Bonchev–Trinajstić information content (AvgIpc) is 3.09. The number of anilines is 1. The fourth-order valence-electron chi connectivity index (χ4n) is 5.53. The number of benzene rings is 3. The molecule has 1 aliphatic heterocycles. The number of halogens is 1. The molecular formula is C35H37ClN4O5S. The Hall–Kier alpha value is -4.09. The van der Waals surface area contributed by atoms with E-state index in [9.17, 15) is 14.4 Å². The van der Waals surface area contributed by atoms with Gasteiger partial charge in [0.05, 0.1) is 19.3 Å². The number of hydrogen-bond acceptors (Lipinski definition) is 7. The van der Waals surface area contributed by atoms with Crippen molar-refractivity contribution >= 4 is 41.1 Å². The Balaban J connectivity index is 1.30. The summed E-state index contributed by atoms with van der Waals surface area (Å²) >= 11 is 7.72. The van der Waals surface area contributed by atoms with Gasteiger partial charge in [0.15, 0.2) is 0 Å². The van der Waals surface area contributed by atoms with E-state index < -0.39 is 29.5 Å². The summed E-state index contributed by atoms with van der Waals surface area (Å²) in [6.45, 7) is 1.44. The third kappa shape index (κ3) is 9.01. The van der Waals surface area contributed by atoms with Crippen molar-refractivity contribution < 1.29 is 19.1 Å². The van der Waals surface area contributed by atoms with Crippen LogP contribution in [0, 0.1) is 0 Å². The number of aryl methyl sites for hydroxylation is 1. The molecule has 3 aromatic carbocycles. The van der Waals surface area contributed by atoms with Gasteiger partial charge in [0.1, 0.15) is 11.7 Å². The van der Waals surface area contributed by atoms with Crippen molar-refractivity contribution in [2.24, 2.45) is 0 Å². The second-order valence-corrected chi connectivity index (χ2v) is 12.5. The molecule has 1 unspecified atom stereocenters.